The highest BCUT2D eigenvalue weighted by Gasteiger charge is 2.20. The molecule has 0 aliphatic heterocycles. The number of halogens is 2. The van der Waals surface area contributed by atoms with Gasteiger partial charge in [0, 0.05) is 10.6 Å². The fraction of sp³-hybridized carbons (Fsp3) is 0.125. The third kappa shape index (κ3) is 4.73. The van der Waals surface area contributed by atoms with Crippen molar-refractivity contribution in [2.24, 2.45) is 5.14 Å². The lowest BCUT2D eigenvalue weighted by Crippen LogP contribution is -2.17. The van der Waals surface area contributed by atoms with Crippen molar-refractivity contribution < 1.29 is 27.5 Å². The number of methoxy groups -OCH3 is 1. The molecule has 0 amide bonds. The monoisotopic (exact) mass is 417 g/mol. The van der Waals surface area contributed by atoms with Crippen LogP contribution in [0.4, 0.5) is 0 Å². The first-order valence-electron chi connectivity index (χ1n) is 6.99. The van der Waals surface area contributed by atoms with Gasteiger partial charge < -0.3 is 9.47 Å². The van der Waals surface area contributed by atoms with E-state index in [0.29, 0.717) is 5.02 Å². The molecule has 2 N–H and O–H groups in total. The molecule has 26 heavy (non-hydrogen) atoms. The van der Waals surface area contributed by atoms with Gasteiger partial charge >= 0.3 is 5.97 Å². The summed E-state index contributed by atoms with van der Waals surface area (Å²) in [5, 5.41) is 5.52. The van der Waals surface area contributed by atoms with Gasteiger partial charge in [0.1, 0.15) is 11.3 Å². The summed E-state index contributed by atoms with van der Waals surface area (Å²) >= 11 is 11.7. The third-order valence-electron chi connectivity index (χ3n) is 3.29. The van der Waals surface area contributed by atoms with E-state index in [-0.39, 0.29) is 26.8 Å². The average Bonchev–Trinajstić information content (AvgIpc) is 2.58. The molecule has 0 radical (unpaired) electrons. The highest BCUT2D eigenvalue weighted by Crippen LogP contribution is 2.24. The molecule has 0 unspecified atom stereocenters. The Morgan fingerprint density at radius 1 is 1.08 bits per heavy atom. The van der Waals surface area contributed by atoms with Crippen LogP contribution in [-0.2, 0) is 14.8 Å². The summed E-state index contributed by atoms with van der Waals surface area (Å²) in [6.07, 6.45) is 0. The number of hydrogen-bond acceptors (Lipinski definition) is 6. The zero-order valence-electron chi connectivity index (χ0n) is 13.4. The molecule has 0 aliphatic rings. The van der Waals surface area contributed by atoms with Gasteiger partial charge in [0.15, 0.2) is 6.61 Å². The number of ketones is 1. The smallest absolute Gasteiger partial charge is 0.342 e. The quantitative estimate of drug-likeness (QED) is 0.570. The Labute approximate surface area is 159 Å². The summed E-state index contributed by atoms with van der Waals surface area (Å²) < 4.78 is 32.8. The van der Waals surface area contributed by atoms with Gasteiger partial charge in [-0.2, -0.15) is 0 Å². The minimum absolute atomic E-state index is 0.0689. The Balaban J connectivity index is 2.20. The van der Waals surface area contributed by atoms with Gasteiger partial charge in [-0.05, 0) is 36.4 Å². The lowest BCUT2D eigenvalue weighted by molar-refractivity contribution is 0.0471. The molecule has 0 heterocycles. The minimum atomic E-state index is -4.03. The Kier molecular flexibility index (Phi) is 6.25. The molecule has 0 saturated heterocycles. The van der Waals surface area contributed by atoms with Gasteiger partial charge in [0.2, 0.25) is 15.8 Å². The minimum Gasteiger partial charge on any atom is -0.496 e. The number of Topliss-reactive ketones (excluding diaryl/α,β-unsaturated/α-hetero) is 1. The number of sulfonamides is 1. The van der Waals surface area contributed by atoms with Crippen molar-refractivity contribution in [3.05, 3.63) is 57.6 Å². The van der Waals surface area contributed by atoms with Crippen LogP contribution in [0.5, 0.6) is 5.75 Å². The van der Waals surface area contributed by atoms with Gasteiger partial charge in [-0.3, -0.25) is 4.79 Å². The van der Waals surface area contributed by atoms with Crippen LogP contribution < -0.4 is 9.88 Å². The van der Waals surface area contributed by atoms with Crippen molar-refractivity contribution in [3.63, 3.8) is 0 Å². The van der Waals surface area contributed by atoms with Crippen LogP contribution in [-0.4, -0.2) is 33.9 Å². The molecule has 0 aliphatic carbocycles. The number of ether oxygens (including phenoxy) is 2. The maximum atomic E-state index is 12.2. The van der Waals surface area contributed by atoms with E-state index < -0.39 is 28.4 Å². The number of carbonyl (C=O) groups excluding carboxylic acids is 2. The van der Waals surface area contributed by atoms with Crippen molar-refractivity contribution in [3.8, 4) is 5.75 Å². The molecule has 0 spiro atoms. The van der Waals surface area contributed by atoms with E-state index in [1.54, 1.807) is 0 Å². The summed E-state index contributed by atoms with van der Waals surface area (Å²) in [5.74, 6) is -1.44. The maximum absolute atomic E-state index is 12.2. The van der Waals surface area contributed by atoms with Crippen molar-refractivity contribution in [2.45, 2.75) is 4.90 Å². The molecule has 0 atom stereocenters. The molecule has 0 aromatic heterocycles. The summed E-state index contributed by atoms with van der Waals surface area (Å²) in [6.45, 7) is -0.608. The molecule has 2 aromatic rings. The van der Waals surface area contributed by atoms with E-state index in [1.807, 2.05) is 0 Å². The van der Waals surface area contributed by atoms with Gasteiger partial charge in [-0.25, -0.2) is 18.4 Å². The summed E-state index contributed by atoms with van der Waals surface area (Å²) in [5.41, 5.74) is -0.0526. The lowest BCUT2D eigenvalue weighted by atomic mass is 10.1. The molecule has 2 rings (SSSR count). The topological polar surface area (TPSA) is 113 Å². The number of primary sulfonamides is 1. The van der Waals surface area contributed by atoms with Gasteiger partial charge in [-0.15, -0.1) is 0 Å². The van der Waals surface area contributed by atoms with Crippen molar-refractivity contribution >= 4 is 45.0 Å². The molecule has 2 aromatic carbocycles. The van der Waals surface area contributed by atoms with Crippen LogP contribution in [0.15, 0.2) is 41.3 Å². The number of hydrogen-bond donors (Lipinski definition) is 1. The molecule has 0 saturated carbocycles. The van der Waals surface area contributed by atoms with E-state index in [0.717, 1.165) is 6.07 Å². The predicted molar refractivity (Wildman–Crippen MR) is 95.4 cm³/mol. The molecular weight excluding hydrogens is 405 g/mol. The Hall–Kier alpha value is -2.13. The van der Waals surface area contributed by atoms with Gasteiger partial charge in [-0.1, -0.05) is 23.2 Å². The SMILES string of the molecule is COc1ccc(S(N)(=O)=O)cc1C(=O)OCC(=O)c1ccc(Cl)cc1Cl. The van der Waals surface area contributed by atoms with Crippen molar-refractivity contribution in [1.82, 2.24) is 0 Å². The second-order valence-corrected chi connectivity index (χ2v) is 7.44. The number of carbonyl (C=O) groups is 2. The highest BCUT2D eigenvalue weighted by atomic mass is 35.5. The van der Waals surface area contributed by atoms with Gasteiger partial charge in [0.05, 0.1) is 17.0 Å². The second kappa shape index (κ2) is 8.05. The summed E-state index contributed by atoms with van der Waals surface area (Å²) in [7, 11) is -2.73. The van der Waals surface area contributed by atoms with Crippen LogP contribution in [0, 0.1) is 0 Å². The van der Waals surface area contributed by atoms with E-state index in [2.05, 4.69) is 0 Å². The standard InChI is InChI=1S/C16H13Cl2NO6S/c1-24-15-5-3-10(26(19,22)23)7-12(15)16(21)25-8-14(20)11-4-2-9(17)6-13(11)18/h2-7H,8H2,1H3,(H2,19,22,23). The normalized spacial score (nSPS) is 11.1. The second-order valence-electron chi connectivity index (χ2n) is 5.03. The third-order valence-corrected chi connectivity index (χ3v) is 4.74. The number of benzene rings is 2. The predicted octanol–water partition coefficient (Wildman–Crippen LogP) is 2.69. The van der Waals surface area contributed by atoms with Crippen LogP contribution in [0.1, 0.15) is 20.7 Å². The molecular formula is C16H13Cl2NO6S. The average molecular weight is 418 g/mol. The first-order valence-corrected chi connectivity index (χ1v) is 9.30. The van der Waals surface area contributed by atoms with Crippen molar-refractivity contribution in [1.29, 1.82) is 0 Å². The van der Waals surface area contributed by atoms with Gasteiger partial charge in [0.25, 0.3) is 0 Å². The fourth-order valence-electron chi connectivity index (χ4n) is 2.03. The first kappa shape index (κ1) is 20.2. The fourth-order valence-corrected chi connectivity index (χ4v) is 3.08. The van der Waals surface area contributed by atoms with Crippen LogP contribution in [0.3, 0.4) is 0 Å². The number of rotatable bonds is 6. The molecule has 7 nitrogen and oxygen atoms in total. The van der Waals surface area contributed by atoms with Crippen molar-refractivity contribution in [2.75, 3.05) is 13.7 Å². The first-order chi connectivity index (χ1) is 12.1. The zero-order chi connectivity index (χ0) is 19.5. The lowest BCUT2D eigenvalue weighted by Gasteiger charge is -2.10. The van der Waals surface area contributed by atoms with E-state index in [9.17, 15) is 18.0 Å². The molecule has 0 bridgehead atoms. The van der Waals surface area contributed by atoms with Crippen LogP contribution in [0.25, 0.3) is 0 Å². The van der Waals surface area contributed by atoms with Crippen LogP contribution in [0.2, 0.25) is 10.0 Å². The summed E-state index contributed by atoms with van der Waals surface area (Å²) in [4.78, 5) is 24.1. The van der Waals surface area contributed by atoms with Crippen LogP contribution >= 0.6 is 23.2 Å². The number of nitrogens with two attached hydrogens (primary N) is 1. The number of esters is 1. The highest BCUT2D eigenvalue weighted by molar-refractivity contribution is 7.89. The Morgan fingerprint density at radius 3 is 2.35 bits per heavy atom. The molecule has 0 fully saturated rings. The summed E-state index contributed by atoms with van der Waals surface area (Å²) in [6, 6.07) is 7.72. The van der Waals surface area contributed by atoms with E-state index in [4.69, 9.17) is 37.8 Å². The molecule has 10 heteroatoms. The Bertz CT molecular complexity index is 975. The zero-order valence-corrected chi connectivity index (χ0v) is 15.7. The van der Waals surface area contributed by atoms with E-state index in [1.165, 1.54) is 37.4 Å². The largest absolute Gasteiger partial charge is 0.496 e. The molecule has 138 valence electrons. The Morgan fingerprint density at radius 2 is 1.77 bits per heavy atom. The van der Waals surface area contributed by atoms with E-state index >= 15 is 0 Å². The maximum Gasteiger partial charge on any atom is 0.342 e.